The molecule has 1 aromatic rings. The van der Waals surface area contributed by atoms with Crippen molar-refractivity contribution in [2.75, 3.05) is 36.1 Å². The predicted molar refractivity (Wildman–Crippen MR) is 110 cm³/mol. The Bertz CT molecular complexity index is 553. The second kappa shape index (κ2) is 10.6. The van der Waals surface area contributed by atoms with E-state index < -0.39 is 0 Å². The third-order valence-corrected chi connectivity index (χ3v) is 7.83. The summed E-state index contributed by atoms with van der Waals surface area (Å²) in [5.74, 6) is 5.69. The van der Waals surface area contributed by atoms with Crippen molar-refractivity contribution in [3.05, 3.63) is 35.6 Å². The molecule has 1 aromatic carbocycles. The molecule has 1 N–H and O–H groups in total. The number of nitrogens with zero attached hydrogens (tertiary/aromatic N) is 1. The second-order valence-corrected chi connectivity index (χ2v) is 9.52. The summed E-state index contributed by atoms with van der Waals surface area (Å²) in [6, 6.07) is 7.04. The van der Waals surface area contributed by atoms with Gasteiger partial charge in [0.2, 0.25) is 5.91 Å². The van der Waals surface area contributed by atoms with E-state index in [2.05, 4.69) is 33.7 Å². The van der Waals surface area contributed by atoms with Crippen molar-refractivity contribution in [2.24, 2.45) is 5.92 Å². The van der Waals surface area contributed by atoms with Crippen LogP contribution in [0.4, 0.5) is 4.39 Å². The quantitative estimate of drug-likeness (QED) is 0.793. The molecule has 26 heavy (non-hydrogen) atoms. The zero-order valence-electron chi connectivity index (χ0n) is 15.3. The lowest BCUT2D eigenvalue weighted by Gasteiger charge is -2.37. The fourth-order valence-electron chi connectivity index (χ4n) is 3.65. The zero-order chi connectivity index (χ0) is 18.2. The van der Waals surface area contributed by atoms with Gasteiger partial charge in [0, 0.05) is 42.0 Å². The van der Waals surface area contributed by atoms with Crippen LogP contribution in [0.15, 0.2) is 24.3 Å². The number of piperidine rings is 1. The van der Waals surface area contributed by atoms with Crippen molar-refractivity contribution in [1.29, 1.82) is 0 Å². The summed E-state index contributed by atoms with van der Waals surface area (Å²) in [5.41, 5.74) is 0.937. The lowest BCUT2D eigenvalue weighted by atomic mass is 9.91. The molecule has 6 heteroatoms. The molecule has 0 bridgehead atoms. The Morgan fingerprint density at radius 2 is 1.77 bits per heavy atom. The van der Waals surface area contributed by atoms with Crippen LogP contribution in [0.3, 0.4) is 0 Å². The summed E-state index contributed by atoms with van der Waals surface area (Å²) in [5, 5.41) is 2.95. The van der Waals surface area contributed by atoms with Gasteiger partial charge < -0.3 is 5.32 Å². The van der Waals surface area contributed by atoms with Gasteiger partial charge in [0.15, 0.2) is 0 Å². The molecule has 144 valence electrons. The normalized spacial score (nSPS) is 20.7. The van der Waals surface area contributed by atoms with E-state index in [1.807, 2.05) is 0 Å². The van der Waals surface area contributed by atoms with Crippen molar-refractivity contribution in [1.82, 2.24) is 10.2 Å². The SMILES string of the molecule is O=C(CCC1CCN(C2CSCCSC2)CC1)NCc1ccc(F)cc1. The van der Waals surface area contributed by atoms with E-state index in [-0.39, 0.29) is 11.7 Å². The smallest absolute Gasteiger partial charge is 0.220 e. The van der Waals surface area contributed by atoms with E-state index in [1.54, 1.807) is 12.1 Å². The molecule has 2 heterocycles. The number of halogens is 1. The van der Waals surface area contributed by atoms with Crippen LogP contribution in [-0.4, -0.2) is 52.9 Å². The summed E-state index contributed by atoms with van der Waals surface area (Å²) in [4.78, 5) is 14.8. The molecule has 0 atom stereocenters. The van der Waals surface area contributed by atoms with Crippen LogP contribution in [0.5, 0.6) is 0 Å². The third-order valence-electron chi connectivity index (χ3n) is 5.34. The highest BCUT2D eigenvalue weighted by atomic mass is 32.2. The van der Waals surface area contributed by atoms with Gasteiger partial charge in [0.25, 0.3) is 0 Å². The predicted octanol–water partition coefficient (Wildman–Crippen LogP) is 3.78. The van der Waals surface area contributed by atoms with Gasteiger partial charge in [0.1, 0.15) is 5.82 Å². The molecular weight excluding hydrogens is 367 g/mol. The standard InChI is InChI=1S/C20H29FN2OS2/c21-18-4-1-17(2-5-18)13-22-20(24)6-3-16-7-9-23(10-8-16)19-14-25-11-12-26-15-19/h1-2,4-5,16,19H,3,6-15H2,(H,22,24). The van der Waals surface area contributed by atoms with E-state index in [0.29, 0.717) is 18.9 Å². The number of amides is 1. The van der Waals surface area contributed by atoms with Crippen molar-refractivity contribution in [3.8, 4) is 0 Å². The summed E-state index contributed by atoms with van der Waals surface area (Å²) < 4.78 is 12.9. The van der Waals surface area contributed by atoms with Crippen LogP contribution < -0.4 is 5.32 Å². The number of carbonyl (C=O) groups is 1. The number of hydrogen-bond acceptors (Lipinski definition) is 4. The van der Waals surface area contributed by atoms with Crippen LogP contribution in [0.2, 0.25) is 0 Å². The summed E-state index contributed by atoms with van der Waals surface area (Å²) in [6.45, 7) is 2.86. The molecule has 0 saturated carbocycles. The Labute approximate surface area is 164 Å². The molecule has 2 aliphatic heterocycles. The monoisotopic (exact) mass is 396 g/mol. The van der Waals surface area contributed by atoms with Gasteiger partial charge >= 0.3 is 0 Å². The van der Waals surface area contributed by atoms with Crippen LogP contribution in [0, 0.1) is 11.7 Å². The average molecular weight is 397 g/mol. The van der Waals surface area contributed by atoms with Crippen LogP contribution >= 0.6 is 23.5 Å². The van der Waals surface area contributed by atoms with Crippen LogP contribution in [0.1, 0.15) is 31.2 Å². The van der Waals surface area contributed by atoms with E-state index in [1.165, 1.54) is 61.1 Å². The maximum Gasteiger partial charge on any atom is 0.220 e. The van der Waals surface area contributed by atoms with Crippen molar-refractivity contribution < 1.29 is 9.18 Å². The van der Waals surface area contributed by atoms with E-state index in [9.17, 15) is 9.18 Å². The van der Waals surface area contributed by atoms with Gasteiger partial charge in [-0.15, -0.1) is 0 Å². The summed E-state index contributed by atoms with van der Waals surface area (Å²) >= 11 is 4.20. The molecule has 2 fully saturated rings. The average Bonchev–Trinajstić information content (AvgIpc) is 2.96. The number of rotatable bonds is 6. The van der Waals surface area contributed by atoms with E-state index in [4.69, 9.17) is 0 Å². The number of hydrogen-bond donors (Lipinski definition) is 1. The Hall–Kier alpha value is -0.720. The number of carbonyl (C=O) groups excluding carboxylic acids is 1. The Balaban J connectivity index is 1.31. The number of likely N-dealkylation sites (tertiary alicyclic amines) is 1. The van der Waals surface area contributed by atoms with Crippen molar-refractivity contribution in [2.45, 2.75) is 38.3 Å². The van der Waals surface area contributed by atoms with Crippen LogP contribution in [0.25, 0.3) is 0 Å². The molecule has 0 unspecified atom stereocenters. The molecule has 0 spiro atoms. The molecule has 2 saturated heterocycles. The first kappa shape index (κ1) is 20.0. The molecular formula is C20H29FN2OS2. The van der Waals surface area contributed by atoms with Crippen molar-refractivity contribution in [3.63, 3.8) is 0 Å². The highest BCUT2D eigenvalue weighted by molar-refractivity contribution is 8.03. The third kappa shape index (κ3) is 6.46. The topological polar surface area (TPSA) is 32.3 Å². The zero-order valence-corrected chi connectivity index (χ0v) is 16.9. The maximum atomic E-state index is 12.9. The number of nitrogens with one attached hydrogen (secondary N) is 1. The van der Waals surface area contributed by atoms with E-state index in [0.717, 1.165) is 18.0 Å². The van der Waals surface area contributed by atoms with E-state index >= 15 is 0 Å². The molecule has 3 nitrogen and oxygen atoms in total. The van der Waals surface area contributed by atoms with Gasteiger partial charge in [-0.1, -0.05) is 12.1 Å². The largest absolute Gasteiger partial charge is 0.352 e. The fraction of sp³-hybridized carbons (Fsp3) is 0.650. The molecule has 0 aromatic heterocycles. The fourth-order valence-corrected chi connectivity index (χ4v) is 6.28. The molecule has 2 aliphatic rings. The van der Waals surface area contributed by atoms with Crippen molar-refractivity contribution >= 4 is 29.4 Å². The highest BCUT2D eigenvalue weighted by Gasteiger charge is 2.26. The Kier molecular flexibility index (Phi) is 8.14. The van der Waals surface area contributed by atoms with Gasteiger partial charge in [-0.05, 0) is 56.0 Å². The summed E-state index contributed by atoms with van der Waals surface area (Å²) in [6.07, 6.45) is 4.02. The second-order valence-electron chi connectivity index (χ2n) is 7.22. The van der Waals surface area contributed by atoms with Gasteiger partial charge in [-0.25, -0.2) is 4.39 Å². The minimum absolute atomic E-state index is 0.105. The molecule has 3 rings (SSSR count). The lowest BCUT2D eigenvalue weighted by molar-refractivity contribution is -0.121. The highest BCUT2D eigenvalue weighted by Crippen LogP contribution is 2.27. The number of benzene rings is 1. The molecule has 1 amide bonds. The lowest BCUT2D eigenvalue weighted by Crippen LogP contribution is -2.44. The van der Waals surface area contributed by atoms with Gasteiger partial charge in [0.05, 0.1) is 0 Å². The van der Waals surface area contributed by atoms with Crippen LogP contribution in [-0.2, 0) is 11.3 Å². The first-order chi connectivity index (χ1) is 12.7. The van der Waals surface area contributed by atoms with Gasteiger partial charge in [-0.2, -0.15) is 23.5 Å². The minimum atomic E-state index is -0.243. The first-order valence-electron chi connectivity index (χ1n) is 9.61. The molecule has 0 aliphatic carbocycles. The first-order valence-corrected chi connectivity index (χ1v) is 11.9. The van der Waals surface area contributed by atoms with Gasteiger partial charge in [-0.3, -0.25) is 9.69 Å². The minimum Gasteiger partial charge on any atom is -0.352 e. The Morgan fingerprint density at radius 1 is 1.12 bits per heavy atom. The number of thioether (sulfide) groups is 2. The maximum absolute atomic E-state index is 12.9. The molecule has 0 radical (unpaired) electrons. The Morgan fingerprint density at radius 3 is 2.42 bits per heavy atom. The summed E-state index contributed by atoms with van der Waals surface area (Å²) in [7, 11) is 0.